The number of halogens is 3. The molecule has 2 nitrogen and oxygen atoms in total. The molecule has 0 amide bonds. The fourth-order valence-electron chi connectivity index (χ4n) is 2.76. The Morgan fingerprint density at radius 2 is 1.79 bits per heavy atom. The lowest BCUT2D eigenvalue weighted by Crippen LogP contribution is -2.24. The first kappa shape index (κ1) is 18.7. The summed E-state index contributed by atoms with van der Waals surface area (Å²) < 4.78 is 52.9. The molecule has 134 valence electrons. The molecule has 0 aromatic heterocycles. The maximum Gasteiger partial charge on any atom is 0.430 e. The van der Waals surface area contributed by atoms with Crippen molar-refractivity contribution in [3.63, 3.8) is 0 Å². The van der Waals surface area contributed by atoms with Gasteiger partial charge in [0.05, 0.1) is 6.61 Å². The first-order valence-electron chi connectivity index (χ1n) is 8.72. The maximum atomic E-state index is 14.4. The van der Waals surface area contributed by atoms with Crippen LogP contribution in [-0.4, -0.2) is 6.61 Å². The van der Waals surface area contributed by atoms with Crippen LogP contribution in [0.3, 0.4) is 0 Å². The minimum atomic E-state index is -3.67. The van der Waals surface area contributed by atoms with E-state index in [1.807, 2.05) is 6.92 Å². The van der Waals surface area contributed by atoms with Gasteiger partial charge in [-0.15, -0.1) is 0 Å². The van der Waals surface area contributed by atoms with Gasteiger partial charge in [0.15, 0.2) is 11.6 Å². The lowest BCUT2D eigenvalue weighted by atomic mass is 10.0. The molecule has 2 rings (SSSR count). The van der Waals surface area contributed by atoms with Gasteiger partial charge in [-0.3, -0.25) is 0 Å². The van der Waals surface area contributed by atoms with Crippen molar-refractivity contribution in [1.29, 1.82) is 0 Å². The van der Waals surface area contributed by atoms with Gasteiger partial charge in [-0.2, -0.15) is 8.78 Å². The monoisotopic (exact) mass is 342 g/mol. The van der Waals surface area contributed by atoms with E-state index in [-0.39, 0.29) is 23.7 Å². The average Bonchev–Trinajstić information content (AvgIpc) is 2.53. The highest BCUT2D eigenvalue weighted by molar-refractivity contribution is 5.60. The van der Waals surface area contributed by atoms with E-state index < -0.39 is 17.5 Å². The van der Waals surface area contributed by atoms with Crippen LogP contribution >= 0.6 is 0 Å². The molecule has 1 heterocycles. The van der Waals surface area contributed by atoms with Crippen molar-refractivity contribution >= 4 is 6.08 Å². The second-order valence-electron chi connectivity index (χ2n) is 6.08. The summed E-state index contributed by atoms with van der Waals surface area (Å²) in [6.07, 6.45) is 4.08. The van der Waals surface area contributed by atoms with Crippen molar-refractivity contribution < 1.29 is 22.6 Å². The average molecular weight is 342 g/mol. The summed E-state index contributed by atoms with van der Waals surface area (Å²) in [6.45, 7) is 4.27. The number of ether oxygens (including phenoxy) is 2. The van der Waals surface area contributed by atoms with E-state index in [9.17, 15) is 13.2 Å². The number of alkyl halides is 2. The van der Waals surface area contributed by atoms with E-state index in [2.05, 4.69) is 6.92 Å². The summed E-state index contributed by atoms with van der Waals surface area (Å²) in [6, 6.07) is 2.87. The highest BCUT2D eigenvalue weighted by atomic mass is 19.3. The molecule has 0 saturated heterocycles. The van der Waals surface area contributed by atoms with Crippen LogP contribution in [-0.2, 0) is 10.8 Å². The van der Waals surface area contributed by atoms with Crippen LogP contribution < -0.4 is 4.74 Å². The molecule has 0 N–H and O–H groups in total. The van der Waals surface area contributed by atoms with Gasteiger partial charge in [-0.25, -0.2) is 4.39 Å². The van der Waals surface area contributed by atoms with E-state index in [1.54, 1.807) is 0 Å². The van der Waals surface area contributed by atoms with E-state index in [4.69, 9.17) is 9.47 Å². The molecular formula is C19H25F3O2. The Hall–Kier alpha value is -1.65. The lowest BCUT2D eigenvalue weighted by molar-refractivity contribution is -0.228. The summed E-state index contributed by atoms with van der Waals surface area (Å²) in [4.78, 5) is 0. The largest absolute Gasteiger partial charge is 0.491 e. The molecule has 0 unspecified atom stereocenters. The molecule has 0 aliphatic carbocycles. The Kier molecular flexibility index (Phi) is 6.58. The molecule has 1 aliphatic heterocycles. The van der Waals surface area contributed by atoms with Gasteiger partial charge < -0.3 is 9.47 Å². The Labute approximate surface area is 141 Å². The number of hydrogen-bond acceptors (Lipinski definition) is 2. The van der Waals surface area contributed by atoms with Crippen LogP contribution in [0.4, 0.5) is 13.2 Å². The zero-order chi connectivity index (χ0) is 17.6. The minimum absolute atomic E-state index is 0.157. The standard InChI is InChI=1S/C19H25F3O2/c1-3-5-6-7-8-9-15-13-14-10-11-16(23-12-4-2)18(20)17(14)19(21,22)24-15/h10-11,13H,3-9,12H2,1-2H3. The minimum Gasteiger partial charge on any atom is -0.491 e. The Morgan fingerprint density at radius 3 is 2.50 bits per heavy atom. The predicted molar refractivity (Wildman–Crippen MR) is 88.5 cm³/mol. The summed E-state index contributed by atoms with van der Waals surface area (Å²) in [5, 5.41) is 0. The van der Waals surface area contributed by atoms with Crippen LogP contribution in [0.1, 0.15) is 69.9 Å². The summed E-state index contributed by atoms with van der Waals surface area (Å²) in [7, 11) is 0. The van der Waals surface area contributed by atoms with Crippen molar-refractivity contribution in [3.05, 3.63) is 34.8 Å². The van der Waals surface area contributed by atoms with E-state index in [0.717, 1.165) is 32.1 Å². The number of hydrogen-bond donors (Lipinski definition) is 0. The molecule has 0 atom stereocenters. The smallest absolute Gasteiger partial charge is 0.430 e. The van der Waals surface area contributed by atoms with E-state index in [1.165, 1.54) is 18.2 Å². The van der Waals surface area contributed by atoms with Crippen molar-refractivity contribution in [2.24, 2.45) is 0 Å². The molecule has 24 heavy (non-hydrogen) atoms. The number of unbranched alkanes of at least 4 members (excludes halogenated alkanes) is 4. The number of benzene rings is 1. The third-order valence-electron chi connectivity index (χ3n) is 3.99. The van der Waals surface area contributed by atoms with Crippen LogP contribution in [0.2, 0.25) is 0 Å². The SMILES string of the molecule is CCCCCCCC1=Cc2ccc(OCCC)c(F)c2C(F)(F)O1. The highest BCUT2D eigenvalue weighted by Crippen LogP contribution is 2.43. The molecule has 1 aliphatic rings. The molecule has 0 radical (unpaired) electrons. The molecule has 1 aromatic carbocycles. The van der Waals surface area contributed by atoms with E-state index >= 15 is 0 Å². The molecule has 0 bridgehead atoms. The van der Waals surface area contributed by atoms with Crippen LogP contribution in [0, 0.1) is 5.82 Å². The fourth-order valence-corrected chi connectivity index (χ4v) is 2.76. The number of rotatable bonds is 9. The second kappa shape index (κ2) is 8.45. The van der Waals surface area contributed by atoms with Gasteiger partial charge >= 0.3 is 6.11 Å². The van der Waals surface area contributed by atoms with Gasteiger partial charge in [-0.05, 0) is 30.5 Å². The quantitative estimate of drug-likeness (QED) is 0.484. The third kappa shape index (κ3) is 4.46. The lowest BCUT2D eigenvalue weighted by Gasteiger charge is -2.27. The second-order valence-corrected chi connectivity index (χ2v) is 6.08. The molecule has 0 spiro atoms. The topological polar surface area (TPSA) is 18.5 Å². The summed E-state index contributed by atoms with van der Waals surface area (Å²) in [5.41, 5.74) is -0.568. The predicted octanol–water partition coefficient (Wildman–Crippen LogP) is 6.40. The van der Waals surface area contributed by atoms with Gasteiger partial charge in [-0.1, -0.05) is 45.6 Å². The zero-order valence-electron chi connectivity index (χ0n) is 14.3. The number of allylic oxidation sites excluding steroid dienone is 1. The Bertz CT molecular complexity index is 582. The molecule has 0 saturated carbocycles. The highest BCUT2D eigenvalue weighted by Gasteiger charge is 2.43. The maximum absolute atomic E-state index is 14.4. The van der Waals surface area contributed by atoms with E-state index in [0.29, 0.717) is 12.8 Å². The molecule has 0 fully saturated rings. The molecule has 1 aromatic rings. The fraction of sp³-hybridized carbons (Fsp3) is 0.579. The van der Waals surface area contributed by atoms with Gasteiger partial charge in [0.2, 0.25) is 0 Å². The molecule has 5 heteroatoms. The van der Waals surface area contributed by atoms with Gasteiger partial charge in [0.25, 0.3) is 0 Å². The van der Waals surface area contributed by atoms with Gasteiger partial charge in [0, 0.05) is 6.42 Å². The Morgan fingerprint density at radius 1 is 1.04 bits per heavy atom. The first-order valence-corrected chi connectivity index (χ1v) is 8.72. The third-order valence-corrected chi connectivity index (χ3v) is 3.99. The van der Waals surface area contributed by atoms with Gasteiger partial charge in [0.1, 0.15) is 11.3 Å². The Balaban J connectivity index is 2.15. The number of fused-ring (bicyclic) bond motifs is 1. The summed E-state index contributed by atoms with van der Waals surface area (Å²) in [5.74, 6) is -0.981. The van der Waals surface area contributed by atoms with Crippen molar-refractivity contribution in [1.82, 2.24) is 0 Å². The van der Waals surface area contributed by atoms with Crippen LogP contribution in [0.15, 0.2) is 17.9 Å². The van der Waals surface area contributed by atoms with Crippen molar-refractivity contribution in [2.75, 3.05) is 6.61 Å². The van der Waals surface area contributed by atoms with Crippen LogP contribution in [0.25, 0.3) is 6.08 Å². The normalized spacial score (nSPS) is 15.5. The van der Waals surface area contributed by atoms with Crippen LogP contribution in [0.5, 0.6) is 5.75 Å². The van der Waals surface area contributed by atoms with Crippen molar-refractivity contribution in [2.45, 2.75) is 64.9 Å². The summed E-state index contributed by atoms with van der Waals surface area (Å²) >= 11 is 0. The molecular weight excluding hydrogens is 317 g/mol. The van der Waals surface area contributed by atoms with Crippen molar-refractivity contribution in [3.8, 4) is 5.75 Å². The zero-order valence-corrected chi connectivity index (χ0v) is 14.3. The first-order chi connectivity index (χ1) is 11.5.